The number of quaternary nitrogens is 1. The highest BCUT2D eigenvalue weighted by Crippen LogP contribution is 2.46. The highest BCUT2D eigenvalue weighted by molar-refractivity contribution is 6.00. The van der Waals surface area contributed by atoms with Crippen molar-refractivity contribution in [2.75, 3.05) is 0 Å². The molecule has 1 saturated carbocycles. The first kappa shape index (κ1) is 20.7. The highest BCUT2D eigenvalue weighted by Gasteiger charge is 2.53. The largest absolute Gasteiger partial charge is 0.441 e. The van der Waals surface area contributed by atoms with Gasteiger partial charge in [-0.25, -0.2) is 9.28 Å². The molecule has 4 aliphatic rings. The molecule has 5 rings (SSSR count). The van der Waals surface area contributed by atoms with Gasteiger partial charge in [0.05, 0.1) is 17.8 Å². The highest BCUT2D eigenvalue weighted by atomic mass is 16.6. The summed E-state index contributed by atoms with van der Waals surface area (Å²) in [6, 6.07) is 10.4. The molecular weight excluding hydrogens is 404 g/mol. The van der Waals surface area contributed by atoms with Gasteiger partial charge in [-0.15, -0.1) is 0 Å². The van der Waals surface area contributed by atoms with Crippen molar-refractivity contribution in [3.05, 3.63) is 72.2 Å². The zero-order valence-electron chi connectivity index (χ0n) is 18.5. The molecule has 3 heterocycles. The van der Waals surface area contributed by atoms with E-state index in [1.807, 2.05) is 55.4 Å². The SMILES string of the molecule is CC1(C)OC(=O)N([C@H]2CC[C@H]([N+]34C=CN=C3C=CC(C(N)=O)=C4)CC2)[C@H]1c1ccccc1. The minimum Gasteiger partial charge on any atom is -0.441 e. The van der Waals surface area contributed by atoms with Crippen LogP contribution in [0.25, 0.3) is 0 Å². The lowest BCUT2D eigenvalue weighted by molar-refractivity contribution is -0.762. The van der Waals surface area contributed by atoms with Gasteiger partial charge in [-0.05, 0) is 38.3 Å². The molecule has 1 aromatic rings. The van der Waals surface area contributed by atoms with E-state index in [1.165, 1.54) is 0 Å². The summed E-state index contributed by atoms with van der Waals surface area (Å²) in [5, 5.41) is 0. The lowest BCUT2D eigenvalue weighted by atomic mass is 9.84. The molecule has 2 fully saturated rings. The van der Waals surface area contributed by atoms with Gasteiger partial charge in [0.15, 0.2) is 0 Å². The molecule has 1 aromatic carbocycles. The number of benzene rings is 1. The number of amides is 2. The second-order valence-electron chi connectivity index (χ2n) is 9.56. The zero-order chi connectivity index (χ0) is 22.5. The molecule has 2 amide bonds. The van der Waals surface area contributed by atoms with E-state index >= 15 is 0 Å². The predicted octanol–water partition coefficient (Wildman–Crippen LogP) is 3.91. The van der Waals surface area contributed by atoms with Crippen LogP contribution in [0.5, 0.6) is 0 Å². The molecule has 1 saturated heterocycles. The van der Waals surface area contributed by atoms with Crippen molar-refractivity contribution in [1.82, 2.24) is 4.90 Å². The molecule has 0 bridgehead atoms. The molecule has 7 nitrogen and oxygen atoms in total. The summed E-state index contributed by atoms with van der Waals surface area (Å²) in [5.41, 5.74) is 6.57. The van der Waals surface area contributed by atoms with Crippen molar-refractivity contribution in [2.24, 2.45) is 10.7 Å². The number of cyclic esters (lactones) is 1. The molecule has 0 aromatic heterocycles. The quantitative estimate of drug-likeness (QED) is 0.731. The van der Waals surface area contributed by atoms with Crippen LogP contribution in [0.1, 0.15) is 51.1 Å². The summed E-state index contributed by atoms with van der Waals surface area (Å²) in [5.74, 6) is 0.474. The zero-order valence-corrected chi connectivity index (χ0v) is 18.5. The summed E-state index contributed by atoms with van der Waals surface area (Å²) in [4.78, 5) is 31.3. The molecule has 32 heavy (non-hydrogen) atoms. The van der Waals surface area contributed by atoms with Crippen molar-refractivity contribution in [3.8, 4) is 0 Å². The molecule has 1 aliphatic carbocycles. The molecule has 166 valence electrons. The van der Waals surface area contributed by atoms with Crippen molar-refractivity contribution < 1.29 is 18.8 Å². The van der Waals surface area contributed by atoms with Crippen LogP contribution in [0, 0.1) is 0 Å². The van der Waals surface area contributed by atoms with Crippen LogP contribution >= 0.6 is 0 Å². The fourth-order valence-electron chi connectivity index (χ4n) is 5.77. The Morgan fingerprint density at radius 3 is 2.56 bits per heavy atom. The summed E-state index contributed by atoms with van der Waals surface area (Å²) in [6.45, 7) is 3.97. The van der Waals surface area contributed by atoms with Gasteiger partial charge in [0.1, 0.15) is 24.0 Å². The van der Waals surface area contributed by atoms with Gasteiger partial charge in [0.25, 0.3) is 5.91 Å². The second kappa shape index (κ2) is 7.45. The van der Waals surface area contributed by atoms with E-state index in [1.54, 1.807) is 12.3 Å². The first-order chi connectivity index (χ1) is 15.3. The first-order valence-corrected chi connectivity index (χ1v) is 11.2. The van der Waals surface area contributed by atoms with E-state index in [4.69, 9.17) is 10.5 Å². The number of carbonyl (C=O) groups excluding carboxylic acids is 2. The average Bonchev–Trinajstić information content (AvgIpc) is 3.31. The second-order valence-corrected chi connectivity index (χ2v) is 9.56. The maximum Gasteiger partial charge on any atom is 0.411 e. The lowest BCUT2D eigenvalue weighted by Crippen LogP contribution is -2.54. The Morgan fingerprint density at radius 1 is 1.16 bits per heavy atom. The van der Waals surface area contributed by atoms with Crippen LogP contribution in [0.15, 0.2) is 71.6 Å². The normalized spacial score (nSPS) is 32.9. The van der Waals surface area contributed by atoms with Gasteiger partial charge in [-0.2, -0.15) is 4.99 Å². The third-order valence-corrected chi connectivity index (χ3v) is 7.24. The molecule has 3 aliphatic heterocycles. The fourth-order valence-corrected chi connectivity index (χ4v) is 5.77. The lowest BCUT2D eigenvalue weighted by Gasteiger charge is -2.43. The molecule has 1 unspecified atom stereocenters. The van der Waals surface area contributed by atoms with Crippen LogP contribution in [-0.2, 0) is 9.53 Å². The summed E-state index contributed by atoms with van der Waals surface area (Å²) < 4.78 is 6.25. The minimum absolute atomic E-state index is 0.107. The van der Waals surface area contributed by atoms with E-state index in [0.29, 0.717) is 10.1 Å². The Morgan fingerprint density at radius 2 is 1.88 bits per heavy atom. The number of amidine groups is 1. The summed E-state index contributed by atoms with van der Waals surface area (Å²) in [6.07, 6.45) is 12.7. The third kappa shape index (κ3) is 3.19. The van der Waals surface area contributed by atoms with E-state index in [0.717, 1.165) is 37.1 Å². The number of aliphatic imine (C=N–C) groups is 1. The average molecular weight is 434 g/mol. The number of rotatable bonds is 4. The maximum absolute atomic E-state index is 13.0. The van der Waals surface area contributed by atoms with E-state index in [-0.39, 0.29) is 24.2 Å². The standard InChI is InChI=1S/C25H28N4O3/c1-25(2)22(17-6-4-3-5-7-17)28(24(31)32-25)19-9-11-20(12-10-19)29-15-14-27-21(29)13-8-18(16-29)23(26)30/h3-8,13-16,19-20,22H,9-12H2,1-2H3,(H-,26,30)/p+1/t19-,20-,22-,29?/m0/s1. The minimum atomic E-state index is -0.592. The maximum atomic E-state index is 13.0. The number of nitrogens with zero attached hydrogens (tertiary/aromatic N) is 3. The Kier molecular flexibility index (Phi) is 4.82. The van der Waals surface area contributed by atoms with E-state index in [2.05, 4.69) is 17.1 Å². The topological polar surface area (TPSA) is 85.0 Å². The van der Waals surface area contributed by atoms with Gasteiger partial charge in [-0.3, -0.25) is 9.69 Å². The van der Waals surface area contributed by atoms with Gasteiger partial charge in [0, 0.05) is 25.0 Å². The third-order valence-electron chi connectivity index (χ3n) is 7.24. The molecular formula is C25H29N4O3+. The Balaban J connectivity index is 1.38. The van der Waals surface area contributed by atoms with Crippen molar-refractivity contribution in [2.45, 2.75) is 63.3 Å². The number of hydrogen-bond acceptors (Lipinski definition) is 4. The van der Waals surface area contributed by atoms with Crippen LogP contribution in [0.3, 0.4) is 0 Å². The number of carbonyl (C=O) groups is 2. The van der Waals surface area contributed by atoms with Crippen LogP contribution in [-0.4, -0.2) is 44.9 Å². The van der Waals surface area contributed by atoms with E-state index in [9.17, 15) is 9.59 Å². The molecule has 2 N–H and O–H groups in total. The number of primary amides is 1. The first-order valence-electron chi connectivity index (χ1n) is 11.2. The van der Waals surface area contributed by atoms with Crippen molar-refractivity contribution in [3.63, 3.8) is 0 Å². The number of hydrogen-bond donors (Lipinski definition) is 1. The van der Waals surface area contributed by atoms with Gasteiger partial charge in [0.2, 0.25) is 5.84 Å². The van der Waals surface area contributed by atoms with E-state index < -0.39 is 11.5 Å². The molecule has 7 heteroatoms. The van der Waals surface area contributed by atoms with Crippen LogP contribution in [0.2, 0.25) is 0 Å². The van der Waals surface area contributed by atoms with Gasteiger partial charge in [-0.1, -0.05) is 30.3 Å². The fraction of sp³-hybridized carbons (Fsp3) is 0.400. The number of ether oxygens (including phenoxy) is 1. The predicted molar refractivity (Wildman–Crippen MR) is 121 cm³/mol. The van der Waals surface area contributed by atoms with Gasteiger partial charge < -0.3 is 10.5 Å². The van der Waals surface area contributed by atoms with Crippen LogP contribution < -0.4 is 5.73 Å². The molecule has 0 radical (unpaired) electrons. The number of fused-ring (bicyclic) bond motifs is 1. The smallest absolute Gasteiger partial charge is 0.411 e. The Bertz CT molecular complexity index is 1060. The monoisotopic (exact) mass is 433 g/mol. The van der Waals surface area contributed by atoms with Crippen molar-refractivity contribution >= 4 is 17.8 Å². The summed E-state index contributed by atoms with van der Waals surface area (Å²) in [7, 11) is 0. The Hall–Kier alpha value is -3.19. The molecule has 0 spiro atoms. The Labute approximate surface area is 188 Å². The van der Waals surface area contributed by atoms with Crippen LogP contribution in [0.4, 0.5) is 4.79 Å². The van der Waals surface area contributed by atoms with Gasteiger partial charge >= 0.3 is 6.09 Å². The molecule has 2 atom stereocenters. The number of nitrogens with two attached hydrogens (primary N) is 1. The summed E-state index contributed by atoms with van der Waals surface area (Å²) >= 11 is 0. The van der Waals surface area contributed by atoms with Crippen molar-refractivity contribution in [1.29, 1.82) is 0 Å².